The molecular formula is C21H20ClN9. The van der Waals surface area contributed by atoms with Crippen molar-refractivity contribution < 1.29 is 0 Å². The third-order valence-electron chi connectivity index (χ3n) is 5.97. The van der Waals surface area contributed by atoms with Gasteiger partial charge in [0.1, 0.15) is 11.5 Å². The Kier molecular flexibility index (Phi) is 4.34. The van der Waals surface area contributed by atoms with Crippen LogP contribution >= 0.6 is 11.6 Å². The number of aromatic nitrogens is 7. The highest BCUT2D eigenvalue weighted by Crippen LogP contribution is 2.30. The monoisotopic (exact) mass is 433 g/mol. The van der Waals surface area contributed by atoms with Crippen LogP contribution in [0.1, 0.15) is 22.7 Å². The lowest BCUT2D eigenvalue weighted by Crippen LogP contribution is -2.45. The Morgan fingerprint density at radius 1 is 1.06 bits per heavy atom. The van der Waals surface area contributed by atoms with Gasteiger partial charge in [-0.25, -0.2) is 15.0 Å². The Balaban J connectivity index is 1.13. The number of halogens is 1. The van der Waals surface area contributed by atoms with E-state index in [1.165, 1.54) is 11.1 Å². The van der Waals surface area contributed by atoms with Gasteiger partial charge < -0.3 is 15.2 Å². The van der Waals surface area contributed by atoms with Gasteiger partial charge in [0, 0.05) is 36.3 Å². The molecule has 0 spiro atoms. The molecule has 0 radical (unpaired) electrons. The number of imidazole rings is 1. The van der Waals surface area contributed by atoms with E-state index in [1.54, 1.807) is 12.4 Å². The first-order valence-corrected chi connectivity index (χ1v) is 10.6. The molecule has 10 heteroatoms. The van der Waals surface area contributed by atoms with Crippen LogP contribution in [-0.2, 0) is 12.8 Å². The van der Waals surface area contributed by atoms with Gasteiger partial charge in [-0.15, -0.1) is 0 Å². The van der Waals surface area contributed by atoms with E-state index in [0.717, 1.165) is 54.0 Å². The minimum atomic E-state index is 0.255. The van der Waals surface area contributed by atoms with Crippen LogP contribution in [0.15, 0.2) is 42.9 Å². The summed E-state index contributed by atoms with van der Waals surface area (Å²) in [7, 11) is 0. The molecule has 2 aliphatic rings. The standard InChI is InChI=1S/C21H20ClN9/c22-15-2-1-12-6-16(7-13(12)5-15)26-21-23-4-3-17(27-21)20-24-9-19(28-20)31-10-14(11-31)18-8-25-30-29-18/h1-5,8-9,14,16H,6-7,10-11H2,(H,24,28)(H,23,26,27)(H,25,29,30). The number of rotatable bonds is 5. The van der Waals surface area contributed by atoms with Crippen molar-refractivity contribution in [3.63, 3.8) is 0 Å². The molecule has 4 heterocycles. The van der Waals surface area contributed by atoms with Crippen molar-refractivity contribution >= 4 is 23.4 Å². The molecule has 0 saturated carbocycles. The molecule has 4 aromatic rings. The van der Waals surface area contributed by atoms with Gasteiger partial charge in [0.15, 0.2) is 5.82 Å². The Hall–Kier alpha value is -3.46. The average molecular weight is 434 g/mol. The molecule has 3 N–H and O–H groups in total. The van der Waals surface area contributed by atoms with Crippen LogP contribution in [0.2, 0.25) is 5.02 Å². The van der Waals surface area contributed by atoms with Gasteiger partial charge in [0.2, 0.25) is 5.95 Å². The molecule has 1 aliphatic carbocycles. The second kappa shape index (κ2) is 7.35. The maximum absolute atomic E-state index is 6.13. The number of H-pyrrole nitrogens is 2. The maximum Gasteiger partial charge on any atom is 0.223 e. The van der Waals surface area contributed by atoms with E-state index in [4.69, 9.17) is 11.6 Å². The SMILES string of the molecule is Clc1ccc2c(c1)CC(Nc1nccc(-c3ncc(N4CC(c5cn[nH]n5)C4)[nH]3)n1)C2. The fourth-order valence-corrected chi connectivity index (χ4v) is 4.50. The third-order valence-corrected chi connectivity index (χ3v) is 6.20. The Morgan fingerprint density at radius 2 is 1.97 bits per heavy atom. The molecule has 1 saturated heterocycles. The lowest BCUT2D eigenvalue weighted by Gasteiger charge is -2.38. The molecule has 156 valence electrons. The number of hydrogen-bond acceptors (Lipinski definition) is 7. The lowest BCUT2D eigenvalue weighted by atomic mass is 9.97. The normalized spacial score (nSPS) is 18.1. The molecule has 31 heavy (non-hydrogen) atoms. The number of nitrogens with one attached hydrogen (secondary N) is 3. The number of nitrogens with zero attached hydrogens (tertiary/aromatic N) is 6. The summed E-state index contributed by atoms with van der Waals surface area (Å²) in [6.07, 6.45) is 7.24. The van der Waals surface area contributed by atoms with Crippen molar-refractivity contribution in [2.75, 3.05) is 23.3 Å². The van der Waals surface area contributed by atoms with Gasteiger partial charge in [0.05, 0.1) is 18.1 Å². The van der Waals surface area contributed by atoms with Gasteiger partial charge in [0.25, 0.3) is 0 Å². The smallest absolute Gasteiger partial charge is 0.223 e. The van der Waals surface area contributed by atoms with Crippen LogP contribution in [0.5, 0.6) is 0 Å². The molecule has 1 aliphatic heterocycles. The highest BCUT2D eigenvalue weighted by atomic mass is 35.5. The van der Waals surface area contributed by atoms with Crippen LogP contribution in [0.3, 0.4) is 0 Å². The second-order valence-corrected chi connectivity index (χ2v) is 8.48. The number of hydrogen-bond donors (Lipinski definition) is 3. The highest BCUT2D eigenvalue weighted by molar-refractivity contribution is 6.30. The van der Waals surface area contributed by atoms with Crippen molar-refractivity contribution in [1.82, 2.24) is 35.3 Å². The molecule has 0 amide bonds. The lowest BCUT2D eigenvalue weighted by molar-refractivity contribution is 0.509. The predicted octanol–water partition coefficient (Wildman–Crippen LogP) is 2.82. The summed E-state index contributed by atoms with van der Waals surface area (Å²) >= 11 is 6.13. The first-order valence-electron chi connectivity index (χ1n) is 10.2. The van der Waals surface area contributed by atoms with Gasteiger partial charge >= 0.3 is 0 Å². The second-order valence-electron chi connectivity index (χ2n) is 8.04. The summed E-state index contributed by atoms with van der Waals surface area (Å²) in [4.78, 5) is 19.2. The predicted molar refractivity (Wildman–Crippen MR) is 117 cm³/mol. The fourth-order valence-electron chi connectivity index (χ4n) is 4.30. The quantitative estimate of drug-likeness (QED) is 0.443. The fraction of sp³-hybridized carbons (Fsp3) is 0.286. The molecule has 3 aromatic heterocycles. The summed E-state index contributed by atoms with van der Waals surface area (Å²) in [6.45, 7) is 1.77. The number of fused-ring (bicyclic) bond motifs is 1. The van der Waals surface area contributed by atoms with E-state index in [0.29, 0.717) is 11.9 Å². The van der Waals surface area contributed by atoms with Crippen molar-refractivity contribution in [2.45, 2.75) is 24.8 Å². The number of anilines is 2. The van der Waals surface area contributed by atoms with Gasteiger partial charge in [-0.1, -0.05) is 17.7 Å². The van der Waals surface area contributed by atoms with Crippen LogP contribution in [0, 0.1) is 0 Å². The largest absolute Gasteiger partial charge is 0.355 e. The Bertz CT molecular complexity index is 1210. The Morgan fingerprint density at radius 3 is 2.84 bits per heavy atom. The number of aromatic amines is 2. The number of benzene rings is 1. The zero-order valence-corrected chi connectivity index (χ0v) is 17.3. The first kappa shape index (κ1) is 18.3. The zero-order valence-electron chi connectivity index (χ0n) is 16.6. The molecule has 9 nitrogen and oxygen atoms in total. The summed E-state index contributed by atoms with van der Waals surface area (Å²) in [5.74, 6) is 2.71. The first-order chi connectivity index (χ1) is 15.2. The summed E-state index contributed by atoms with van der Waals surface area (Å²) < 4.78 is 0. The van der Waals surface area contributed by atoms with Crippen LogP contribution < -0.4 is 10.2 Å². The van der Waals surface area contributed by atoms with Crippen molar-refractivity contribution in [3.8, 4) is 11.5 Å². The zero-order chi connectivity index (χ0) is 20.8. The van der Waals surface area contributed by atoms with Crippen molar-refractivity contribution in [2.24, 2.45) is 0 Å². The minimum absolute atomic E-state index is 0.255. The van der Waals surface area contributed by atoms with E-state index >= 15 is 0 Å². The molecule has 1 unspecified atom stereocenters. The van der Waals surface area contributed by atoms with E-state index in [2.05, 4.69) is 51.6 Å². The van der Waals surface area contributed by atoms with Crippen molar-refractivity contribution in [3.05, 3.63) is 64.7 Å². The summed E-state index contributed by atoms with van der Waals surface area (Å²) in [5, 5.41) is 15.0. The van der Waals surface area contributed by atoms with E-state index in [9.17, 15) is 0 Å². The average Bonchev–Trinajstić information content (AvgIpc) is 3.48. The molecule has 1 fully saturated rings. The summed E-state index contributed by atoms with van der Waals surface area (Å²) in [6, 6.07) is 8.21. The molecule has 1 atom stereocenters. The molecule has 0 bridgehead atoms. The third kappa shape index (κ3) is 3.50. The summed E-state index contributed by atoms with van der Waals surface area (Å²) in [5.41, 5.74) is 4.37. The van der Waals surface area contributed by atoms with Gasteiger partial charge in [-0.2, -0.15) is 15.4 Å². The topological polar surface area (TPSA) is 111 Å². The molecule has 6 rings (SSSR count). The van der Waals surface area contributed by atoms with Gasteiger partial charge in [-0.05, 0) is 42.2 Å². The van der Waals surface area contributed by atoms with Crippen molar-refractivity contribution in [1.29, 1.82) is 0 Å². The Labute approximate surface area is 183 Å². The van der Waals surface area contributed by atoms with Crippen LogP contribution in [0.25, 0.3) is 11.5 Å². The maximum atomic E-state index is 6.13. The molecule has 1 aromatic carbocycles. The minimum Gasteiger partial charge on any atom is -0.355 e. The highest BCUT2D eigenvalue weighted by Gasteiger charge is 2.31. The van der Waals surface area contributed by atoms with Gasteiger partial charge in [-0.3, -0.25) is 0 Å². The van der Waals surface area contributed by atoms with Crippen LogP contribution in [0.4, 0.5) is 11.8 Å². The van der Waals surface area contributed by atoms with Crippen LogP contribution in [-0.4, -0.2) is 54.5 Å². The van der Waals surface area contributed by atoms with E-state index < -0.39 is 0 Å². The van der Waals surface area contributed by atoms with E-state index in [1.807, 2.05) is 24.4 Å². The van der Waals surface area contributed by atoms with E-state index in [-0.39, 0.29) is 6.04 Å². The molecular weight excluding hydrogens is 414 g/mol.